The van der Waals surface area contributed by atoms with E-state index in [0.717, 1.165) is 12.1 Å². The number of methoxy groups -OCH3 is 1. The van der Waals surface area contributed by atoms with E-state index in [9.17, 15) is 23.1 Å². The Morgan fingerprint density at radius 2 is 1.59 bits per heavy atom. The fourth-order valence-corrected chi connectivity index (χ4v) is 3.87. The average Bonchev–Trinajstić information content (AvgIpc) is 2.85. The number of halogens is 4. The molecule has 0 saturated carbocycles. The summed E-state index contributed by atoms with van der Waals surface area (Å²) in [5.74, 6) is 0.522. The molecular weight excluding hydrogens is 515 g/mol. The molecule has 4 rings (SSSR count). The normalized spacial score (nSPS) is 11.3. The molecule has 0 bridgehead atoms. The Kier molecular flexibility index (Phi) is 7.42. The number of carbonyl (C=O) groups is 1. The second kappa shape index (κ2) is 10.5. The monoisotopic (exact) mass is 533 g/mol. The highest BCUT2D eigenvalue weighted by atomic mass is 35.5. The van der Waals surface area contributed by atoms with Crippen LogP contribution in [0.5, 0.6) is 23.0 Å². The number of carbonyl (C=O) groups excluding carboxylic acids is 1. The summed E-state index contributed by atoms with van der Waals surface area (Å²) in [4.78, 5) is 16.7. The quantitative estimate of drug-likeness (QED) is 0.262. The summed E-state index contributed by atoms with van der Waals surface area (Å²) in [7, 11) is 1.18. The minimum atomic E-state index is -4.78. The number of aliphatic hydroxyl groups excluding tert-OH is 1. The molecule has 0 atom stereocenters. The van der Waals surface area contributed by atoms with E-state index in [-0.39, 0.29) is 23.1 Å². The maximum atomic E-state index is 12.3. The number of aromatic nitrogens is 1. The molecule has 0 aliphatic carbocycles. The van der Waals surface area contributed by atoms with Crippen molar-refractivity contribution >= 4 is 28.7 Å². The Balaban J connectivity index is 1.68. The molecule has 0 aliphatic heterocycles. The van der Waals surface area contributed by atoms with Crippen molar-refractivity contribution in [3.8, 4) is 34.1 Å². The summed E-state index contributed by atoms with van der Waals surface area (Å²) in [6.45, 7) is 1.45. The fraction of sp³-hybridized carbons (Fsp3) is 0.154. The number of rotatable bonds is 6. The van der Waals surface area contributed by atoms with Crippen LogP contribution in [0.1, 0.15) is 11.3 Å². The first-order chi connectivity index (χ1) is 17.6. The van der Waals surface area contributed by atoms with Crippen molar-refractivity contribution < 1.29 is 42.0 Å². The largest absolute Gasteiger partial charge is 0.573 e. The number of pyridine rings is 1. The Morgan fingerprint density at radius 3 is 2.16 bits per heavy atom. The van der Waals surface area contributed by atoms with Gasteiger partial charge in [-0.2, -0.15) is 0 Å². The zero-order valence-corrected chi connectivity index (χ0v) is 20.2. The van der Waals surface area contributed by atoms with Crippen LogP contribution < -0.4 is 14.2 Å². The van der Waals surface area contributed by atoms with Crippen LogP contribution in [0.25, 0.3) is 22.0 Å². The molecule has 1 aromatic heterocycles. The molecule has 0 aliphatic rings. The van der Waals surface area contributed by atoms with Gasteiger partial charge in [-0.25, -0.2) is 4.79 Å². The number of aliphatic hydroxyl groups is 1. The Hall–Kier alpha value is -4.02. The first-order valence-corrected chi connectivity index (χ1v) is 11.1. The highest BCUT2D eigenvalue weighted by Crippen LogP contribution is 2.41. The zero-order valence-electron chi connectivity index (χ0n) is 19.4. The molecule has 0 unspecified atom stereocenters. The highest BCUT2D eigenvalue weighted by Gasteiger charge is 2.31. The minimum absolute atomic E-state index is 0.176. The molecule has 4 aromatic rings. The Labute approximate surface area is 213 Å². The van der Waals surface area contributed by atoms with Gasteiger partial charge in [0.2, 0.25) is 0 Å². The molecule has 0 radical (unpaired) electrons. The topological polar surface area (TPSA) is 87.1 Å². The van der Waals surface area contributed by atoms with Gasteiger partial charge in [-0.1, -0.05) is 23.7 Å². The lowest BCUT2D eigenvalue weighted by Crippen LogP contribution is -2.16. The van der Waals surface area contributed by atoms with Crippen LogP contribution in [0.15, 0.2) is 60.7 Å². The van der Waals surface area contributed by atoms with Crippen molar-refractivity contribution in [1.82, 2.24) is 4.98 Å². The van der Waals surface area contributed by atoms with Crippen molar-refractivity contribution in [3.63, 3.8) is 0 Å². The van der Waals surface area contributed by atoms with Crippen LogP contribution in [0.4, 0.5) is 18.0 Å². The number of hydrogen-bond donors (Lipinski definition) is 1. The molecule has 11 heteroatoms. The van der Waals surface area contributed by atoms with Gasteiger partial charge >= 0.3 is 12.5 Å². The lowest BCUT2D eigenvalue weighted by Gasteiger charge is -2.16. The van der Waals surface area contributed by atoms with Crippen LogP contribution in [0.2, 0.25) is 5.02 Å². The summed E-state index contributed by atoms with van der Waals surface area (Å²) in [6.07, 6.45) is -5.72. The maximum absolute atomic E-state index is 12.3. The number of fused-ring (bicyclic) bond motifs is 1. The number of alkyl halides is 3. The van der Waals surface area contributed by atoms with E-state index in [2.05, 4.69) is 14.5 Å². The first kappa shape index (κ1) is 26.1. The molecule has 3 aromatic carbocycles. The van der Waals surface area contributed by atoms with Gasteiger partial charge in [0.25, 0.3) is 0 Å². The van der Waals surface area contributed by atoms with Crippen molar-refractivity contribution in [2.75, 3.05) is 7.11 Å². The molecule has 1 N–H and O–H groups in total. The summed E-state index contributed by atoms with van der Waals surface area (Å²) in [6, 6.07) is 14.8. The van der Waals surface area contributed by atoms with Gasteiger partial charge in [-0.15, -0.1) is 13.2 Å². The summed E-state index contributed by atoms with van der Waals surface area (Å²) < 4.78 is 56.8. The second-order valence-electron chi connectivity index (χ2n) is 7.72. The molecule has 0 fully saturated rings. The highest BCUT2D eigenvalue weighted by molar-refractivity contribution is 6.32. The third-order valence-corrected chi connectivity index (χ3v) is 5.60. The van der Waals surface area contributed by atoms with E-state index in [1.165, 1.54) is 19.2 Å². The van der Waals surface area contributed by atoms with Crippen molar-refractivity contribution in [3.05, 3.63) is 76.9 Å². The molecule has 7 nitrogen and oxygen atoms in total. The van der Waals surface area contributed by atoms with Gasteiger partial charge < -0.3 is 24.1 Å². The SMILES string of the molecule is COC(=O)Oc1c(-c2ccc(Oc3ccc(OC(F)(F)F)cc3)cc2)c(C)nc2cc(CO)c(Cl)cc12. The van der Waals surface area contributed by atoms with E-state index in [0.29, 0.717) is 44.8 Å². The van der Waals surface area contributed by atoms with Crippen LogP contribution in [-0.2, 0) is 11.3 Å². The average molecular weight is 534 g/mol. The van der Waals surface area contributed by atoms with E-state index >= 15 is 0 Å². The van der Waals surface area contributed by atoms with E-state index in [1.54, 1.807) is 43.3 Å². The predicted octanol–water partition coefficient (Wildman–Crippen LogP) is 7.19. The molecule has 192 valence electrons. The number of aryl methyl sites for hydroxylation is 1. The number of benzene rings is 3. The zero-order chi connectivity index (χ0) is 26.7. The maximum Gasteiger partial charge on any atom is 0.573 e. The smallest absolute Gasteiger partial charge is 0.457 e. The van der Waals surface area contributed by atoms with E-state index in [4.69, 9.17) is 21.1 Å². The van der Waals surface area contributed by atoms with Gasteiger partial charge in [-0.05, 0) is 66.6 Å². The number of hydrogen-bond acceptors (Lipinski definition) is 7. The summed E-state index contributed by atoms with van der Waals surface area (Å²) >= 11 is 6.28. The Bertz CT molecular complexity index is 1440. The second-order valence-corrected chi connectivity index (χ2v) is 8.13. The molecule has 0 saturated heterocycles. The van der Waals surface area contributed by atoms with Crippen molar-refractivity contribution in [2.45, 2.75) is 19.9 Å². The van der Waals surface area contributed by atoms with Gasteiger partial charge in [0, 0.05) is 21.7 Å². The fourth-order valence-electron chi connectivity index (χ4n) is 3.64. The van der Waals surface area contributed by atoms with Gasteiger partial charge in [0.15, 0.2) is 5.75 Å². The number of ether oxygens (including phenoxy) is 4. The lowest BCUT2D eigenvalue weighted by atomic mass is 9.99. The number of nitrogens with zero attached hydrogens (tertiary/aromatic N) is 1. The molecule has 0 spiro atoms. The first-order valence-electron chi connectivity index (χ1n) is 10.7. The molecule has 0 amide bonds. The molecule has 37 heavy (non-hydrogen) atoms. The summed E-state index contributed by atoms with van der Waals surface area (Å²) in [5.41, 5.74) is 2.61. The van der Waals surface area contributed by atoms with Crippen LogP contribution in [-0.4, -0.2) is 29.7 Å². The Morgan fingerprint density at radius 1 is 1.00 bits per heavy atom. The van der Waals surface area contributed by atoms with Gasteiger partial charge in [-0.3, -0.25) is 4.98 Å². The standard InChI is InChI=1S/C26H19ClF3NO6/c1-14-23(24(36-25(33)34-2)20-12-21(27)16(13-32)11-22(20)31-14)15-3-5-17(6-4-15)35-18-7-9-19(10-8-18)37-26(28,29)30/h3-12,32H,13H2,1-2H3. The molecular formula is C26H19ClF3NO6. The van der Waals surface area contributed by atoms with Gasteiger partial charge in [0.1, 0.15) is 17.2 Å². The minimum Gasteiger partial charge on any atom is -0.457 e. The third-order valence-electron chi connectivity index (χ3n) is 5.24. The predicted molar refractivity (Wildman–Crippen MR) is 129 cm³/mol. The summed E-state index contributed by atoms with van der Waals surface area (Å²) in [5, 5.41) is 10.3. The van der Waals surface area contributed by atoms with Crippen LogP contribution >= 0.6 is 11.6 Å². The molecule has 1 heterocycles. The van der Waals surface area contributed by atoms with Crippen LogP contribution in [0.3, 0.4) is 0 Å². The lowest BCUT2D eigenvalue weighted by molar-refractivity contribution is -0.274. The van der Waals surface area contributed by atoms with E-state index in [1.807, 2.05) is 0 Å². The van der Waals surface area contributed by atoms with E-state index < -0.39 is 12.5 Å². The van der Waals surface area contributed by atoms with Gasteiger partial charge in [0.05, 0.1) is 19.2 Å². The third kappa shape index (κ3) is 6.04. The van der Waals surface area contributed by atoms with Crippen molar-refractivity contribution in [1.29, 1.82) is 0 Å². The van der Waals surface area contributed by atoms with Crippen LogP contribution in [0, 0.1) is 6.92 Å². The van der Waals surface area contributed by atoms with Crippen molar-refractivity contribution in [2.24, 2.45) is 0 Å².